The molecule has 1 aliphatic rings. The maximum absolute atomic E-state index is 9.74. The third-order valence-corrected chi connectivity index (χ3v) is 3.24. The van der Waals surface area contributed by atoms with E-state index in [-0.39, 0.29) is 5.76 Å². The lowest BCUT2D eigenvalue weighted by Crippen LogP contribution is -2.22. The number of aryl methyl sites for hydroxylation is 1. The number of nitrogens with one attached hydrogen (secondary N) is 2. The van der Waals surface area contributed by atoms with Crippen molar-refractivity contribution in [3.63, 3.8) is 0 Å². The van der Waals surface area contributed by atoms with Gasteiger partial charge in [-0.3, -0.25) is 9.97 Å². The molecule has 1 aromatic carbocycles. The summed E-state index contributed by atoms with van der Waals surface area (Å²) in [4.78, 5) is 8.66. The largest absolute Gasteiger partial charge is 0.506 e. The van der Waals surface area contributed by atoms with E-state index in [0.717, 1.165) is 22.2 Å². The number of fused-ring (bicyclic) bond motifs is 1. The highest BCUT2D eigenvalue weighted by Crippen LogP contribution is 2.17. The lowest BCUT2D eigenvalue weighted by atomic mass is 10.1. The second-order valence-corrected chi connectivity index (χ2v) is 4.75. The van der Waals surface area contributed by atoms with E-state index in [1.54, 1.807) is 24.7 Å². The molecule has 0 fully saturated rings. The fourth-order valence-electron chi connectivity index (χ4n) is 2.26. The van der Waals surface area contributed by atoms with Crippen LogP contribution in [0, 0.1) is 6.92 Å². The topological polar surface area (TPSA) is 70.1 Å². The van der Waals surface area contributed by atoms with E-state index in [2.05, 4.69) is 26.7 Å². The van der Waals surface area contributed by atoms with Crippen molar-refractivity contribution in [2.24, 2.45) is 0 Å². The zero-order chi connectivity index (χ0) is 13.9. The molecule has 2 aromatic rings. The summed E-state index contributed by atoms with van der Waals surface area (Å²) in [7, 11) is 0. The molecule has 0 amide bonds. The first-order valence-corrected chi connectivity index (χ1v) is 6.51. The van der Waals surface area contributed by atoms with Gasteiger partial charge in [-0.15, -0.1) is 0 Å². The molecule has 0 radical (unpaired) electrons. The maximum Gasteiger partial charge on any atom is 0.137 e. The summed E-state index contributed by atoms with van der Waals surface area (Å²) in [5.41, 5.74) is 4.73. The second kappa shape index (κ2) is 5.21. The summed E-state index contributed by atoms with van der Waals surface area (Å²) in [6.07, 6.45) is 6.91. The smallest absolute Gasteiger partial charge is 0.137 e. The molecule has 1 aromatic heterocycles. The number of nitrogens with zero attached hydrogens (tertiary/aromatic N) is 2. The predicted molar refractivity (Wildman–Crippen MR) is 77.9 cm³/mol. The Labute approximate surface area is 117 Å². The van der Waals surface area contributed by atoms with E-state index < -0.39 is 0 Å². The van der Waals surface area contributed by atoms with Crippen LogP contribution in [0.15, 0.2) is 48.3 Å². The molecule has 0 spiro atoms. The molecule has 0 saturated carbocycles. The highest BCUT2D eigenvalue weighted by atomic mass is 16.3. The second-order valence-electron chi connectivity index (χ2n) is 4.75. The Morgan fingerprint density at radius 2 is 2.15 bits per heavy atom. The van der Waals surface area contributed by atoms with Gasteiger partial charge < -0.3 is 15.7 Å². The van der Waals surface area contributed by atoms with Gasteiger partial charge in [0.2, 0.25) is 0 Å². The number of aliphatic hydroxyl groups is 1. The Bertz CT molecular complexity index is 706. The van der Waals surface area contributed by atoms with Gasteiger partial charge in [0.1, 0.15) is 5.76 Å². The Morgan fingerprint density at radius 1 is 1.30 bits per heavy atom. The van der Waals surface area contributed by atoms with Crippen molar-refractivity contribution < 1.29 is 5.11 Å². The van der Waals surface area contributed by atoms with Crippen molar-refractivity contribution in [3.8, 4) is 0 Å². The van der Waals surface area contributed by atoms with Crippen molar-refractivity contribution in [2.45, 2.75) is 13.5 Å². The number of benzene rings is 1. The van der Waals surface area contributed by atoms with Gasteiger partial charge in [0, 0.05) is 31.7 Å². The third kappa shape index (κ3) is 2.42. The molecule has 102 valence electrons. The lowest BCUT2D eigenvalue weighted by molar-refractivity contribution is 0.406. The molecule has 0 atom stereocenters. The van der Waals surface area contributed by atoms with Crippen LogP contribution in [-0.4, -0.2) is 21.6 Å². The highest BCUT2D eigenvalue weighted by Gasteiger charge is 2.07. The minimum absolute atomic E-state index is 0.279. The third-order valence-electron chi connectivity index (χ3n) is 3.24. The zero-order valence-corrected chi connectivity index (χ0v) is 11.2. The molecule has 3 rings (SSSR count). The van der Waals surface area contributed by atoms with Crippen LogP contribution in [0.5, 0.6) is 0 Å². The standard InChI is InChI=1S/C15H16N4O/c1-10-6-11(7-12-15(10)18-5-4-17-12)8-19-13-9-16-3-2-14(13)20/h2,4-7,9,16,19-20H,3,8H2,1H3. The minimum atomic E-state index is 0.279. The maximum atomic E-state index is 9.74. The van der Waals surface area contributed by atoms with E-state index in [1.165, 1.54) is 0 Å². The molecule has 3 N–H and O–H groups in total. The van der Waals surface area contributed by atoms with Gasteiger partial charge in [-0.25, -0.2) is 0 Å². The normalized spacial score (nSPS) is 14.4. The van der Waals surface area contributed by atoms with Crippen LogP contribution in [-0.2, 0) is 6.54 Å². The van der Waals surface area contributed by atoms with Gasteiger partial charge in [-0.1, -0.05) is 6.07 Å². The summed E-state index contributed by atoms with van der Waals surface area (Å²) in [5.74, 6) is 0.279. The van der Waals surface area contributed by atoms with Crippen LogP contribution in [0.1, 0.15) is 11.1 Å². The molecule has 20 heavy (non-hydrogen) atoms. The fourth-order valence-corrected chi connectivity index (χ4v) is 2.26. The zero-order valence-electron chi connectivity index (χ0n) is 11.2. The fraction of sp³-hybridized carbons (Fsp3) is 0.200. The quantitative estimate of drug-likeness (QED) is 0.793. The van der Waals surface area contributed by atoms with Crippen LogP contribution in [0.25, 0.3) is 11.0 Å². The molecule has 1 aliphatic heterocycles. The van der Waals surface area contributed by atoms with Crippen molar-refractivity contribution in [1.29, 1.82) is 0 Å². The summed E-state index contributed by atoms with van der Waals surface area (Å²) >= 11 is 0. The van der Waals surface area contributed by atoms with Gasteiger partial charge >= 0.3 is 0 Å². The molecular weight excluding hydrogens is 252 g/mol. The Kier molecular flexibility index (Phi) is 3.25. The van der Waals surface area contributed by atoms with Crippen LogP contribution in [0.2, 0.25) is 0 Å². The molecule has 5 heteroatoms. The van der Waals surface area contributed by atoms with Crippen molar-refractivity contribution in [1.82, 2.24) is 20.6 Å². The van der Waals surface area contributed by atoms with Crippen molar-refractivity contribution in [2.75, 3.05) is 6.54 Å². The van der Waals surface area contributed by atoms with E-state index in [1.807, 2.05) is 13.0 Å². The number of hydrogen-bond donors (Lipinski definition) is 3. The number of aliphatic hydroxyl groups excluding tert-OH is 1. The number of hydrogen-bond acceptors (Lipinski definition) is 5. The number of rotatable bonds is 3. The first-order chi connectivity index (χ1) is 9.74. The molecule has 5 nitrogen and oxygen atoms in total. The van der Waals surface area contributed by atoms with E-state index in [9.17, 15) is 5.11 Å². The summed E-state index contributed by atoms with van der Waals surface area (Å²) in [6, 6.07) is 4.10. The van der Waals surface area contributed by atoms with Crippen LogP contribution in [0.4, 0.5) is 0 Å². The van der Waals surface area contributed by atoms with E-state index in [4.69, 9.17) is 0 Å². The Balaban J connectivity index is 1.81. The van der Waals surface area contributed by atoms with Gasteiger partial charge in [0.05, 0.1) is 16.7 Å². The predicted octanol–water partition coefficient (Wildman–Crippen LogP) is 1.91. The van der Waals surface area contributed by atoms with Gasteiger partial charge in [-0.2, -0.15) is 0 Å². The molecule has 0 saturated heterocycles. The molecule has 0 unspecified atom stereocenters. The Hall–Kier alpha value is -2.56. The molecule has 2 heterocycles. The van der Waals surface area contributed by atoms with Crippen molar-refractivity contribution in [3.05, 3.63) is 59.4 Å². The summed E-state index contributed by atoms with van der Waals surface area (Å²) in [5, 5.41) is 16.0. The molecule has 0 bridgehead atoms. The Morgan fingerprint density at radius 3 is 3.00 bits per heavy atom. The average molecular weight is 268 g/mol. The van der Waals surface area contributed by atoms with Crippen LogP contribution >= 0.6 is 0 Å². The number of aromatic nitrogens is 2. The van der Waals surface area contributed by atoms with E-state index >= 15 is 0 Å². The van der Waals surface area contributed by atoms with Crippen LogP contribution < -0.4 is 10.6 Å². The van der Waals surface area contributed by atoms with Crippen LogP contribution in [0.3, 0.4) is 0 Å². The van der Waals surface area contributed by atoms with Gasteiger partial charge in [-0.05, 0) is 30.2 Å². The van der Waals surface area contributed by atoms with E-state index in [0.29, 0.717) is 18.8 Å². The first kappa shape index (κ1) is 12.5. The summed E-state index contributed by atoms with van der Waals surface area (Å²) < 4.78 is 0. The van der Waals surface area contributed by atoms with Gasteiger partial charge in [0.25, 0.3) is 0 Å². The monoisotopic (exact) mass is 268 g/mol. The highest BCUT2D eigenvalue weighted by molar-refractivity contribution is 5.78. The van der Waals surface area contributed by atoms with Gasteiger partial charge in [0.15, 0.2) is 0 Å². The summed E-state index contributed by atoms with van der Waals surface area (Å²) in [6.45, 7) is 3.31. The SMILES string of the molecule is Cc1cc(CNC2=CNCC=C2O)cc2nccnc12. The minimum Gasteiger partial charge on any atom is -0.506 e. The average Bonchev–Trinajstić information content (AvgIpc) is 2.46. The first-order valence-electron chi connectivity index (χ1n) is 6.51. The lowest BCUT2D eigenvalue weighted by Gasteiger charge is -2.15. The van der Waals surface area contributed by atoms with Crippen molar-refractivity contribution >= 4 is 11.0 Å². The number of dihydropyridines is 1. The molecular formula is C15H16N4O. The molecule has 0 aliphatic carbocycles.